The van der Waals surface area contributed by atoms with Crippen molar-refractivity contribution in [2.75, 3.05) is 18.5 Å². The van der Waals surface area contributed by atoms with Crippen molar-refractivity contribution in [3.05, 3.63) is 36.3 Å². The smallest absolute Gasteiger partial charge is 0.126 e. The Morgan fingerprint density at radius 2 is 1.93 bits per heavy atom. The van der Waals surface area contributed by atoms with Crippen molar-refractivity contribution in [2.45, 2.75) is 97.1 Å². The van der Waals surface area contributed by atoms with Crippen LogP contribution in [-0.4, -0.2) is 44.7 Å². The summed E-state index contributed by atoms with van der Waals surface area (Å²) in [7, 11) is 0. The number of pyridine rings is 1. The average molecular weight is 546 g/mol. The molecule has 2 N–H and O–H groups in total. The molecule has 4 aliphatic rings. The topological polar surface area (TPSA) is 96.0 Å². The molecule has 7 heteroatoms. The molecular weight excluding hydrogens is 498 g/mol. The SMILES string of the molecule is CCOC[C@@]1(O)CC[C@@]2(C)[C@H](CC[C@H]3C4CC[C@H]([C@@H](C)Nc5ccc(-n6cc(C#N)cn6)cn5)[C@@]4(C)CC[C@@H]32)C1. The number of aliphatic hydroxyl groups is 1. The Kier molecular flexibility index (Phi) is 7.24. The number of nitrogens with zero attached hydrogens (tertiary/aromatic N) is 4. The third kappa shape index (κ3) is 4.65. The van der Waals surface area contributed by atoms with E-state index in [1.165, 1.54) is 38.5 Å². The Hall–Kier alpha value is -2.43. The number of nitrogens with one attached hydrogen (secondary N) is 1. The highest BCUT2D eigenvalue weighted by Crippen LogP contribution is 2.68. The summed E-state index contributed by atoms with van der Waals surface area (Å²) >= 11 is 0. The summed E-state index contributed by atoms with van der Waals surface area (Å²) in [5, 5.41) is 28.4. The van der Waals surface area contributed by atoms with Crippen molar-refractivity contribution in [3.63, 3.8) is 0 Å². The monoisotopic (exact) mass is 545 g/mol. The number of hydrogen-bond donors (Lipinski definition) is 2. The fraction of sp³-hybridized carbons (Fsp3) is 0.727. The molecule has 7 nitrogen and oxygen atoms in total. The lowest BCUT2D eigenvalue weighted by atomic mass is 9.43. The number of aromatic nitrogens is 3. The molecule has 6 rings (SSSR count). The molecule has 216 valence electrons. The summed E-state index contributed by atoms with van der Waals surface area (Å²) in [6.07, 6.45) is 15.9. The average Bonchev–Trinajstić information content (AvgIpc) is 3.57. The number of fused-ring (bicyclic) bond motifs is 5. The van der Waals surface area contributed by atoms with Crippen molar-refractivity contribution >= 4 is 5.82 Å². The molecule has 0 amide bonds. The van der Waals surface area contributed by atoms with Gasteiger partial charge in [-0.1, -0.05) is 13.8 Å². The van der Waals surface area contributed by atoms with E-state index >= 15 is 0 Å². The Bertz CT molecular complexity index is 1240. The summed E-state index contributed by atoms with van der Waals surface area (Å²) in [4.78, 5) is 4.69. The third-order valence-electron chi connectivity index (χ3n) is 12.2. The van der Waals surface area contributed by atoms with E-state index in [-0.39, 0.29) is 0 Å². The van der Waals surface area contributed by atoms with Gasteiger partial charge in [0.1, 0.15) is 11.9 Å². The van der Waals surface area contributed by atoms with Crippen LogP contribution in [0.4, 0.5) is 5.82 Å². The van der Waals surface area contributed by atoms with Gasteiger partial charge in [-0.05, 0) is 124 Å². The van der Waals surface area contributed by atoms with Crippen molar-refractivity contribution in [3.8, 4) is 11.8 Å². The molecule has 9 atom stereocenters. The van der Waals surface area contributed by atoms with Crippen LogP contribution < -0.4 is 5.32 Å². The van der Waals surface area contributed by atoms with E-state index in [4.69, 9.17) is 15.0 Å². The zero-order valence-electron chi connectivity index (χ0n) is 24.8. The quantitative estimate of drug-likeness (QED) is 0.420. The fourth-order valence-electron chi connectivity index (χ4n) is 10.1. The molecule has 1 unspecified atom stereocenters. The lowest BCUT2D eigenvalue weighted by Gasteiger charge is -2.62. The van der Waals surface area contributed by atoms with E-state index < -0.39 is 5.60 Å². The molecule has 0 aromatic carbocycles. The van der Waals surface area contributed by atoms with Crippen LogP contribution in [0, 0.1) is 51.8 Å². The van der Waals surface area contributed by atoms with Crippen LogP contribution in [0.1, 0.15) is 91.0 Å². The van der Waals surface area contributed by atoms with Gasteiger partial charge in [0.05, 0.1) is 35.9 Å². The second-order valence-electron chi connectivity index (χ2n) is 14.1. The minimum Gasteiger partial charge on any atom is -0.387 e. The summed E-state index contributed by atoms with van der Waals surface area (Å²) in [6, 6.07) is 6.52. The van der Waals surface area contributed by atoms with Crippen LogP contribution >= 0.6 is 0 Å². The third-order valence-corrected chi connectivity index (χ3v) is 12.2. The maximum Gasteiger partial charge on any atom is 0.126 e. The Morgan fingerprint density at radius 1 is 1.10 bits per heavy atom. The zero-order chi connectivity index (χ0) is 28.1. The molecule has 0 aliphatic heterocycles. The summed E-state index contributed by atoms with van der Waals surface area (Å²) < 4.78 is 7.39. The van der Waals surface area contributed by atoms with Crippen molar-refractivity contribution in [1.82, 2.24) is 14.8 Å². The first-order valence-corrected chi connectivity index (χ1v) is 15.7. The Morgan fingerprint density at radius 3 is 2.65 bits per heavy atom. The maximum absolute atomic E-state index is 11.3. The van der Waals surface area contributed by atoms with Crippen LogP contribution in [0.3, 0.4) is 0 Å². The van der Waals surface area contributed by atoms with Gasteiger partial charge in [-0.3, -0.25) is 0 Å². The maximum atomic E-state index is 11.3. The Labute approximate surface area is 239 Å². The zero-order valence-corrected chi connectivity index (χ0v) is 24.8. The molecule has 0 spiro atoms. The van der Waals surface area contributed by atoms with Crippen molar-refractivity contribution in [2.24, 2.45) is 40.4 Å². The minimum atomic E-state index is -0.625. The van der Waals surface area contributed by atoms with E-state index in [1.54, 1.807) is 17.1 Å². The first-order valence-electron chi connectivity index (χ1n) is 15.7. The number of anilines is 1. The van der Waals surface area contributed by atoms with Crippen LogP contribution in [-0.2, 0) is 4.74 Å². The first kappa shape index (κ1) is 27.7. The highest BCUT2D eigenvalue weighted by atomic mass is 16.5. The molecule has 40 heavy (non-hydrogen) atoms. The molecule has 4 saturated carbocycles. The van der Waals surface area contributed by atoms with Crippen molar-refractivity contribution in [1.29, 1.82) is 5.26 Å². The van der Waals surface area contributed by atoms with E-state index in [9.17, 15) is 5.11 Å². The second-order valence-corrected chi connectivity index (χ2v) is 14.1. The molecule has 4 fully saturated rings. The van der Waals surface area contributed by atoms with Gasteiger partial charge in [0.25, 0.3) is 0 Å². The molecular formula is C33H47N5O2. The van der Waals surface area contributed by atoms with E-state index in [0.717, 1.165) is 48.5 Å². The fourth-order valence-corrected chi connectivity index (χ4v) is 10.1. The van der Waals surface area contributed by atoms with E-state index in [0.29, 0.717) is 47.5 Å². The normalized spacial score (nSPS) is 39.5. The van der Waals surface area contributed by atoms with Crippen LogP contribution in [0.5, 0.6) is 0 Å². The molecule has 2 aromatic rings. The number of hydrogen-bond acceptors (Lipinski definition) is 6. The highest BCUT2D eigenvalue weighted by Gasteiger charge is 2.61. The molecule has 2 heterocycles. The summed E-state index contributed by atoms with van der Waals surface area (Å²) in [5.74, 6) is 4.57. The highest BCUT2D eigenvalue weighted by molar-refractivity contribution is 5.42. The predicted molar refractivity (Wildman–Crippen MR) is 156 cm³/mol. The van der Waals surface area contributed by atoms with Gasteiger partial charge >= 0.3 is 0 Å². The summed E-state index contributed by atoms with van der Waals surface area (Å²) in [6.45, 7) is 10.7. The number of ether oxygens (including phenoxy) is 1. The van der Waals surface area contributed by atoms with Gasteiger partial charge < -0.3 is 15.2 Å². The summed E-state index contributed by atoms with van der Waals surface area (Å²) in [5.41, 5.74) is 1.50. The minimum absolute atomic E-state index is 0.356. The lowest BCUT2D eigenvalue weighted by Crippen LogP contribution is -2.57. The molecule has 2 aromatic heterocycles. The van der Waals surface area contributed by atoms with Gasteiger partial charge in [-0.2, -0.15) is 10.4 Å². The molecule has 0 saturated heterocycles. The van der Waals surface area contributed by atoms with Gasteiger partial charge in [0, 0.05) is 18.8 Å². The van der Waals surface area contributed by atoms with Gasteiger partial charge in [-0.25, -0.2) is 9.67 Å². The van der Waals surface area contributed by atoms with Crippen molar-refractivity contribution < 1.29 is 9.84 Å². The van der Waals surface area contributed by atoms with Crippen LogP contribution in [0.2, 0.25) is 0 Å². The first-order chi connectivity index (χ1) is 19.2. The molecule has 0 bridgehead atoms. The molecule has 4 aliphatic carbocycles. The number of rotatable bonds is 7. The van der Waals surface area contributed by atoms with Gasteiger partial charge in [0.2, 0.25) is 0 Å². The van der Waals surface area contributed by atoms with E-state index in [1.807, 2.05) is 25.3 Å². The second kappa shape index (κ2) is 10.4. The predicted octanol–water partition coefficient (Wildman–Crippen LogP) is 6.37. The Balaban J connectivity index is 1.12. The molecule has 0 radical (unpaired) electrons. The van der Waals surface area contributed by atoms with Crippen LogP contribution in [0.25, 0.3) is 5.69 Å². The largest absolute Gasteiger partial charge is 0.387 e. The van der Waals surface area contributed by atoms with Gasteiger partial charge in [-0.15, -0.1) is 0 Å². The van der Waals surface area contributed by atoms with Crippen LogP contribution in [0.15, 0.2) is 30.7 Å². The number of nitriles is 1. The van der Waals surface area contributed by atoms with Gasteiger partial charge in [0.15, 0.2) is 0 Å². The standard InChI is InChI=1S/C33H47N5O2/c1-5-40-21-33(39)15-14-31(3)24(16-33)6-8-26-28-10-9-27(32(28,4)13-12-29(26)31)22(2)37-30-11-7-25(19-35-30)38-20-23(17-34)18-36-38/h7,11,18-20,22,24,26-29,39H,5-6,8-10,12-16,21H2,1-4H3,(H,35,37)/t22-,24-,26+,27-,28?,29+,31+,32-,33-/m1/s1. The van der Waals surface area contributed by atoms with E-state index in [2.05, 4.69) is 37.3 Å². The lowest BCUT2D eigenvalue weighted by molar-refractivity contribution is -0.165.